The summed E-state index contributed by atoms with van der Waals surface area (Å²) < 4.78 is 0.741. The van der Waals surface area contributed by atoms with Gasteiger partial charge in [-0.3, -0.25) is 0 Å². The van der Waals surface area contributed by atoms with Crippen molar-refractivity contribution in [2.75, 3.05) is 11.1 Å². The van der Waals surface area contributed by atoms with Gasteiger partial charge in [0.1, 0.15) is 5.82 Å². The van der Waals surface area contributed by atoms with E-state index in [2.05, 4.69) is 26.2 Å². The van der Waals surface area contributed by atoms with Gasteiger partial charge in [0.2, 0.25) is 0 Å². The third kappa shape index (κ3) is 2.78. The van der Waals surface area contributed by atoms with Gasteiger partial charge >= 0.3 is 5.97 Å². The Morgan fingerprint density at radius 2 is 2.00 bits per heavy atom. The summed E-state index contributed by atoms with van der Waals surface area (Å²) in [5.74, 6) is -0.333. The Morgan fingerprint density at radius 1 is 1.33 bits per heavy atom. The molecule has 0 unspecified atom stereocenters. The molecular formula is C12H10BrN3O2. The number of aromatic carboxylic acids is 1. The minimum atomic E-state index is -0.951. The van der Waals surface area contributed by atoms with Crippen LogP contribution in [0.1, 0.15) is 10.4 Å². The van der Waals surface area contributed by atoms with Gasteiger partial charge in [-0.05, 0) is 46.3 Å². The number of halogens is 1. The van der Waals surface area contributed by atoms with Crippen LogP contribution in [-0.4, -0.2) is 16.1 Å². The third-order valence-corrected chi connectivity index (χ3v) is 2.86. The molecule has 0 amide bonds. The van der Waals surface area contributed by atoms with Gasteiger partial charge in [-0.1, -0.05) is 0 Å². The normalized spacial score (nSPS) is 10.1. The van der Waals surface area contributed by atoms with E-state index in [0.29, 0.717) is 11.5 Å². The van der Waals surface area contributed by atoms with Crippen molar-refractivity contribution in [1.29, 1.82) is 0 Å². The largest absolute Gasteiger partial charge is 0.478 e. The second-order valence-corrected chi connectivity index (χ2v) is 4.46. The van der Waals surface area contributed by atoms with Crippen LogP contribution in [0.3, 0.4) is 0 Å². The summed E-state index contributed by atoms with van der Waals surface area (Å²) in [6.45, 7) is 0. The Hall–Kier alpha value is -2.08. The van der Waals surface area contributed by atoms with Crippen molar-refractivity contribution < 1.29 is 9.90 Å². The molecule has 2 rings (SSSR count). The van der Waals surface area contributed by atoms with Crippen molar-refractivity contribution in [3.63, 3.8) is 0 Å². The summed E-state index contributed by atoms with van der Waals surface area (Å²) in [5.41, 5.74) is 7.14. The number of nitrogens with zero attached hydrogens (tertiary/aromatic N) is 1. The first-order chi connectivity index (χ1) is 8.56. The minimum absolute atomic E-state index is 0.241. The number of nitrogens with one attached hydrogen (secondary N) is 1. The summed E-state index contributed by atoms with van der Waals surface area (Å²) in [7, 11) is 0. The van der Waals surface area contributed by atoms with Crippen molar-refractivity contribution in [2.24, 2.45) is 0 Å². The lowest BCUT2D eigenvalue weighted by atomic mass is 10.2. The fourth-order valence-electron chi connectivity index (χ4n) is 1.38. The van der Waals surface area contributed by atoms with Gasteiger partial charge in [-0.25, -0.2) is 9.78 Å². The van der Waals surface area contributed by atoms with Crippen LogP contribution in [0.25, 0.3) is 0 Å². The zero-order valence-electron chi connectivity index (χ0n) is 9.22. The smallest absolute Gasteiger partial charge is 0.335 e. The second kappa shape index (κ2) is 5.05. The number of nitrogen functional groups attached to an aromatic ring is 1. The first-order valence-electron chi connectivity index (χ1n) is 5.07. The fourth-order valence-corrected chi connectivity index (χ4v) is 1.84. The molecule has 0 saturated carbocycles. The molecule has 0 aliphatic carbocycles. The van der Waals surface area contributed by atoms with E-state index in [0.717, 1.165) is 10.2 Å². The first kappa shape index (κ1) is 12.4. The highest BCUT2D eigenvalue weighted by molar-refractivity contribution is 9.10. The Kier molecular flexibility index (Phi) is 3.47. The molecule has 4 N–H and O–H groups in total. The zero-order chi connectivity index (χ0) is 13.1. The van der Waals surface area contributed by atoms with Crippen molar-refractivity contribution in [2.45, 2.75) is 0 Å². The van der Waals surface area contributed by atoms with Gasteiger partial charge in [-0.2, -0.15) is 0 Å². The maximum absolute atomic E-state index is 10.7. The van der Waals surface area contributed by atoms with Gasteiger partial charge < -0.3 is 16.2 Å². The van der Waals surface area contributed by atoms with Crippen LogP contribution >= 0.6 is 15.9 Å². The van der Waals surface area contributed by atoms with E-state index in [1.807, 2.05) is 0 Å². The summed E-state index contributed by atoms with van der Waals surface area (Å²) in [6, 6.07) is 8.13. The molecule has 0 fully saturated rings. The number of hydrogen-bond donors (Lipinski definition) is 3. The molecule has 18 heavy (non-hydrogen) atoms. The van der Waals surface area contributed by atoms with E-state index >= 15 is 0 Å². The van der Waals surface area contributed by atoms with E-state index in [-0.39, 0.29) is 5.56 Å². The molecule has 0 radical (unpaired) electrons. The molecule has 1 aromatic heterocycles. The number of rotatable bonds is 3. The van der Waals surface area contributed by atoms with Gasteiger partial charge in [-0.15, -0.1) is 0 Å². The number of carbonyl (C=O) groups is 1. The summed E-state index contributed by atoms with van der Waals surface area (Å²) in [5, 5.41) is 11.8. The molecule has 0 bridgehead atoms. The van der Waals surface area contributed by atoms with Gasteiger partial charge in [0.25, 0.3) is 0 Å². The number of nitrogens with two attached hydrogens (primary N) is 1. The molecule has 92 valence electrons. The number of pyridine rings is 1. The van der Waals surface area contributed by atoms with E-state index in [9.17, 15) is 4.79 Å². The number of carboxylic acids is 1. The number of carboxylic acid groups (broad SMARTS) is 1. The molecule has 1 heterocycles. The lowest BCUT2D eigenvalue weighted by Gasteiger charge is -2.08. The SMILES string of the molecule is Nc1cnc(Nc2ccc(C(=O)O)cc2)c(Br)c1. The van der Waals surface area contributed by atoms with Crippen molar-refractivity contribution in [3.8, 4) is 0 Å². The molecule has 0 atom stereocenters. The average Bonchev–Trinajstić information content (AvgIpc) is 2.33. The molecule has 0 aliphatic heterocycles. The highest BCUT2D eigenvalue weighted by Crippen LogP contribution is 2.25. The lowest BCUT2D eigenvalue weighted by molar-refractivity contribution is 0.0697. The number of benzene rings is 1. The quantitative estimate of drug-likeness (QED) is 0.811. The predicted octanol–water partition coefficient (Wildman–Crippen LogP) is 2.87. The van der Waals surface area contributed by atoms with Crippen LogP contribution in [0.5, 0.6) is 0 Å². The monoisotopic (exact) mass is 307 g/mol. The number of hydrogen-bond acceptors (Lipinski definition) is 4. The zero-order valence-corrected chi connectivity index (χ0v) is 10.8. The molecule has 0 saturated heterocycles. The number of anilines is 3. The van der Waals surface area contributed by atoms with Crippen LogP contribution in [0.4, 0.5) is 17.2 Å². The van der Waals surface area contributed by atoms with Crippen LogP contribution in [-0.2, 0) is 0 Å². The van der Waals surface area contributed by atoms with Crippen LogP contribution in [0.15, 0.2) is 41.0 Å². The highest BCUT2D eigenvalue weighted by Gasteiger charge is 2.04. The summed E-state index contributed by atoms with van der Waals surface area (Å²) in [6.07, 6.45) is 1.54. The van der Waals surface area contributed by atoms with Gasteiger partial charge in [0.15, 0.2) is 0 Å². The Morgan fingerprint density at radius 3 is 2.56 bits per heavy atom. The standard InChI is InChI=1S/C12H10BrN3O2/c13-10-5-8(14)6-15-11(10)16-9-3-1-7(2-4-9)12(17)18/h1-6H,14H2,(H,15,16)(H,17,18). The number of aromatic nitrogens is 1. The van der Waals surface area contributed by atoms with E-state index < -0.39 is 5.97 Å². The second-order valence-electron chi connectivity index (χ2n) is 3.61. The summed E-state index contributed by atoms with van der Waals surface area (Å²) >= 11 is 3.34. The van der Waals surface area contributed by atoms with Crippen molar-refractivity contribution in [1.82, 2.24) is 4.98 Å². The van der Waals surface area contributed by atoms with E-state index in [4.69, 9.17) is 10.8 Å². The minimum Gasteiger partial charge on any atom is -0.478 e. The Labute approximate surface area is 112 Å². The molecular weight excluding hydrogens is 298 g/mol. The first-order valence-corrected chi connectivity index (χ1v) is 5.87. The fraction of sp³-hybridized carbons (Fsp3) is 0. The van der Waals surface area contributed by atoms with Gasteiger partial charge in [0.05, 0.1) is 21.9 Å². The van der Waals surface area contributed by atoms with E-state index in [1.54, 1.807) is 24.4 Å². The Bertz CT molecular complexity index is 584. The molecule has 5 nitrogen and oxygen atoms in total. The van der Waals surface area contributed by atoms with Crippen LogP contribution in [0, 0.1) is 0 Å². The lowest BCUT2D eigenvalue weighted by Crippen LogP contribution is -1.98. The molecule has 0 aliphatic rings. The molecule has 6 heteroatoms. The molecule has 0 spiro atoms. The maximum atomic E-state index is 10.7. The molecule has 2 aromatic rings. The Balaban J connectivity index is 2.21. The maximum Gasteiger partial charge on any atom is 0.335 e. The third-order valence-electron chi connectivity index (χ3n) is 2.26. The van der Waals surface area contributed by atoms with Crippen LogP contribution < -0.4 is 11.1 Å². The molecule has 1 aromatic carbocycles. The van der Waals surface area contributed by atoms with Crippen molar-refractivity contribution in [3.05, 3.63) is 46.6 Å². The van der Waals surface area contributed by atoms with Gasteiger partial charge in [0, 0.05) is 5.69 Å². The van der Waals surface area contributed by atoms with E-state index in [1.165, 1.54) is 12.1 Å². The topological polar surface area (TPSA) is 88.2 Å². The average molecular weight is 308 g/mol. The van der Waals surface area contributed by atoms with Crippen molar-refractivity contribution >= 4 is 39.1 Å². The highest BCUT2D eigenvalue weighted by atomic mass is 79.9. The summed E-state index contributed by atoms with van der Waals surface area (Å²) in [4.78, 5) is 14.8. The van der Waals surface area contributed by atoms with Crippen LogP contribution in [0.2, 0.25) is 0 Å². The predicted molar refractivity (Wildman–Crippen MR) is 73.0 cm³/mol.